The first-order valence-electron chi connectivity index (χ1n) is 7.97. The number of benzene rings is 3. The van der Waals surface area contributed by atoms with E-state index in [9.17, 15) is 8.42 Å². The summed E-state index contributed by atoms with van der Waals surface area (Å²) in [6.45, 7) is 3.82. The van der Waals surface area contributed by atoms with Crippen LogP contribution in [0.1, 0.15) is 11.1 Å². The van der Waals surface area contributed by atoms with Gasteiger partial charge in [-0.1, -0.05) is 36.4 Å². The molecule has 0 atom stereocenters. The molecule has 25 heavy (non-hydrogen) atoms. The minimum Gasteiger partial charge on any atom is -0.355 e. The predicted octanol–water partition coefficient (Wildman–Crippen LogP) is 4.85. The molecule has 0 bridgehead atoms. The van der Waals surface area contributed by atoms with Crippen molar-refractivity contribution in [3.63, 3.8) is 0 Å². The Bertz CT molecular complexity index is 981. The van der Waals surface area contributed by atoms with Crippen LogP contribution in [0.4, 0.5) is 17.1 Å². The van der Waals surface area contributed by atoms with Gasteiger partial charge in [0.25, 0.3) is 10.0 Å². The standard InChI is InChI=1S/C20H20N2O2S/c1-15-7-3-5-9-19(15)21-17-11-13-18(14-12-17)22-25(23,24)20-10-6-4-8-16(20)2/h3-14,21-22H,1-2H3. The average Bonchev–Trinajstić information content (AvgIpc) is 2.58. The lowest BCUT2D eigenvalue weighted by molar-refractivity contribution is 0.600. The number of aryl methyl sites for hydroxylation is 2. The Morgan fingerprint density at radius 2 is 1.24 bits per heavy atom. The second-order valence-corrected chi connectivity index (χ2v) is 7.54. The molecule has 4 nitrogen and oxygen atoms in total. The van der Waals surface area contributed by atoms with Crippen LogP contribution in [0.3, 0.4) is 0 Å². The molecular formula is C20H20N2O2S. The average molecular weight is 352 g/mol. The van der Waals surface area contributed by atoms with Crippen LogP contribution in [0, 0.1) is 13.8 Å². The smallest absolute Gasteiger partial charge is 0.262 e. The summed E-state index contributed by atoms with van der Waals surface area (Å²) in [6, 6.07) is 22.1. The summed E-state index contributed by atoms with van der Waals surface area (Å²) in [7, 11) is -3.59. The minimum atomic E-state index is -3.59. The maximum atomic E-state index is 12.5. The Morgan fingerprint density at radius 1 is 0.680 bits per heavy atom. The van der Waals surface area contributed by atoms with Crippen molar-refractivity contribution in [2.45, 2.75) is 18.7 Å². The van der Waals surface area contributed by atoms with Crippen LogP contribution in [-0.2, 0) is 10.0 Å². The number of nitrogens with one attached hydrogen (secondary N) is 2. The van der Waals surface area contributed by atoms with E-state index < -0.39 is 10.0 Å². The molecule has 0 saturated carbocycles. The Hall–Kier alpha value is -2.79. The zero-order chi connectivity index (χ0) is 17.9. The number of para-hydroxylation sites is 1. The quantitative estimate of drug-likeness (QED) is 0.690. The Morgan fingerprint density at radius 3 is 1.88 bits per heavy atom. The highest BCUT2D eigenvalue weighted by Gasteiger charge is 2.16. The van der Waals surface area contributed by atoms with Crippen molar-refractivity contribution < 1.29 is 8.42 Å². The van der Waals surface area contributed by atoms with Crippen molar-refractivity contribution >= 4 is 27.1 Å². The molecule has 0 aliphatic carbocycles. The van der Waals surface area contributed by atoms with Crippen molar-refractivity contribution in [3.8, 4) is 0 Å². The highest BCUT2D eigenvalue weighted by Crippen LogP contribution is 2.23. The predicted molar refractivity (Wildman–Crippen MR) is 103 cm³/mol. The first-order valence-corrected chi connectivity index (χ1v) is 9.45. The second kappa shape index (κ2) is 6.99. The van der Waals surface area contributed by atoms with Gasteiger partial charge in [0.2, 0.25) is 0 Å². The van der Waals surface area contributed by atoms with Crippen LogP contribution in [0.5, 0.6) is 0 Å². The molecule has 0 unspecified atom stereocenters. The largest absolute Gasteiger partial charge is 0.355 e. The molecule has 0 radical (unpaired) electrons. The molecule has 0 aromatic heterocycles. The molecule has 0 aliphatic rings. The zero-order valence-electron chi connectivity index (χ0n) is 14.2. The van der Waals surface area contributed by atoms with Gasteiger partial charge in [0.1, 0.15) is 0 Å². The lowest BCUT2D eigenvalue weighted by atomic mass is 10.2. The van der Waals surface area contributed by atoms with Crippen molar-refractivity contribution in [1.29, 1.82) is 0 Å². The van der Waals surface area contributed by atoms with Crippen molar-refractivity contribution in [1.82, 2.24) is 0 Å². The summed E-state index contributed by atoms with van der Waals surface area (Å²) in [5.41, 5.74) is 4.31. The van der Waals surface area contributed by atoms with Crippen LogP contribution >= 0.6 is 0 Å². The highest BCUT2D eigenvalue weighted by molar-refractivity contribution is 7.92. The molecule has 3 aromatic carbocycles. The van der Waals surface area contributed by atoms with Gasteiger partial charge < -0.3 is 5.32 Å². The fourth-order valence-electron chi connectivity index (χ4n) is 2.56. The molecule has 3 rings (SSSR count). The molecule has 0 spiro atoms. The Labute approximate surface area is 148 Å². The van der Waals surface area contributed by atoms with E-state index in [1.54, 1.807) is 37.3 Å². The number of hydrogen-bond acceptors (Lipinski definition) is 3. The third-order valence-corrected chi connectivity index (χ3v) is 5.49. The Balaban J connectivity index is 1.77. The molecule has 0 amide bonds. The summed E-state index contributed by atoms with van der Waals surface area (Å²) >= 11 is 0. The molecule has 0 aliphatic heterocycles. The van der Waals surface area contributed by atoms with E-state index in [-0.39, 0.29) is 4.90 Å². The van der Waals surface area contributed by atoms with Crippen molar-refractivity contribution in [2.24, 2.45) is 0 Å². The monoisotopic (exact) mass is 352 g/mol. The van der Waals surface area contributed by atoms with Gasteiger partial charge in [0, 0.05) is 17.1 Å². The molecular weight excluding hydrogens is 332 g/mol. The lowest BCUT2D eigenvalue weighted by Crippen LogP contribution is -2.14. The first kappa shape index (κ1) is 17.0. The van der Waals surface area contributed by atoms with Gasteiger partial charge in [-0.15, -0.1) is 0 Å². The maximum absolute atomic E-state index is 12.5. The molecule has 5 heteroatoms. The maximum Gasteiger partial charge on any atom is 0.262 e. The summed E-state index contributed by atoms with van der Waals surface area (Å²) in [4.78, 5) is 0.289. The third-order valence-electron chi connectivity index (χ3n) is 3.94. The Kier molecular flexibility index (Phi) is 4.76. The highest BCUT2D eigenvalue weighted by atomic mass is 32.2. The van der Waals surface area contributed by atoms with E-state index in [1.165, 1.54) is 0 Å². The van der Waals surface area contributed by atoms with E-state index in [0.29, 0.717) is 11.3 Å². The normalized spacial score (nSPS) is 11.1. The van der Waals surface area contributed by atoms with Crippen molar-refractivity contribution in [3.05, 3.63) is 83.9 Å². The van der Waals surface area contributed by atoms with Crippen LogP contribution in [0.25, 0.3) is 0 Å². The topological polar surface area (TPSA) is 58.2 Å². The first-order chi connectivity index (χ1) is 12.0. The van der Waals surface area contributed by atoms with Crippen LogP contribution in [0.15, 0.2) is 77.7 Å². The fourth-order valence-corrected chi connectivity index (χ4v) is 3.86. The van der Waals surface area contributed by atoms with Gasteiger partial charge in [-0.2, -0.15) is 0 Å². The summed E-state index contributed by atoms with van der Waals surface area (Å²) in [6.07, 6.45) is 0. The van der Waals surface area contributed by atoms with Crippen molar-refractivity contribution in [2.75, 3.05) is 10.0 Å². The van der Waals surface area contributed by atoms with Gasteiger partial charge in [-0.05, 0) is 61.4 Å². The van der Waals surface area contributed by atoms with E-state index in [0.717, 1.165) is 16.9 Å². The van der Waals surface area contributed by atoms with Gasteiger partial charge in [-0.3, -0.25) is 4.72 Å². The molecule has 3 aromatic rings. The molecule has 2 N–H and O–H groups in total. The number of rotatable bonds is 5. The SMILES string of the molecule is Cc1ccccc1Nc1ccc(NS(=O)(=O)c2ccccc2C)cc1. The van der Waals surface area contributed by atoms with E-state index in [1.807, 2.05) is 49.4 Å². The van der Waals surface area contributed by atoms with Crippen LogP contribution in [-0.4, -0.2) is 8.42 Å². The number of anilines is 3. The van der Waals surface area contributed by atoms with E-state index in [4.69, 9.17) is 0 Å². The van der Waals surface area contributed by atoms with Gasteiger partial charge in [-0.25, -0.2) is 8.42 Å². The van der Waals surface area contributed by atoms with Crippen LogP contribution < -0.4 is 10.0 Å². The summed E-state index contributed by atoms with van der Waals surface area (Å²) < 4.78 is 27.7. The number of sulfonamides is 1. The van der Waals surface area contributed by atoms with Gasteiger partial charge in [0.15, 0.2) is 0 Å². The second-order valence-electron chi connectivity index (χ2n) is 5.89. The fraction of sp³-hybridized carbons (Fsp3) is 0.100. The summed E-state index contributed by atoms with van der Waals surface area (Å²) in [5.74, 6) is 0. The van der Waals surface area contributed by atoms with E-state index in [2.05, 4.69) is 10.0 Å². The molecule has 0 heterocycles. The van der Waals surface area contributed by atoms with Crippen LogP contribution in [0.2, 0.25) is 0 Å². The lowest BCUT2D eigenvalue weighted by Gasteiger charge is -2.12. The molecule has 0 fully saturated rings. The summed E-state index contributed by atoms with van der Waals surface area (Å²) in [5, 5.41) is 3.33. The molecule has 0 saturated heterocycles. The third kappa shape index (κ3) is 4.00. The zero-order valence-corrected chi connectivity index (χ0v) is 15.0. The van der Waals surface area contributed by atoms with Gasteiger partial charge >= 0.3 is 0 Å². The minimum absolute atomic E-state index is 0.289. The molecule has 128 valence electrons. The van der Waals surface area contributed by atoms with E-state index >= 15 is 0 Å². The number of hydrogen-bond donors (Lipinski definition) is 2. The van der Waals surface area contributed by atoms with Gasteiger partial charge in [0.05, 0.1) is 4.90 Å².